The highest BCUT2D eigenvalue weighted by molar-refractivity contribution is 6.31. The largest absolute Gasteiger partial charge is 0.486 e. The number of amides is 1. The Morgan fingerprint density at radius 2 is 2.08 bits per heavy atom. The maximum absolute atomic E-state index is 12.4. The molecule has 0 aliphatic carbocycles. The van der Waals surface area contributed by atoms with Gasteiger partial charge in [-0.2, -0.15) is 0 Å². The fourth-order valence-electron chi connectivity index (χ4n) is 2.37. The van der Waals surface area contributed by atoms with Crippen LogP contribution in [-0.4, -0.2) is 26.1 Å². The van der Waals surface area contributed by atoms with Crippen LogP contribution in [0, 0.1) is 0 Å². The van der Waals surface area contributed by atoms with Crippen molar-refractivity contribution in [3.8, 4) is 5.75 Å². The Morgan fingerprint density at radius 3 is 2.88 bits per heavy atom. The molecule has 3 rings (SSSR count). The molecule has 1 N–H and O–H groups in total. The lowest BCUT2D eigenvalue weighted by Gasteiger charge is -2.09. The van der Waals surface area contributed by atoms with Crippen LogP contribution in [0.5, 0.6) is 5.75 Å². The maximum atomic E-state index is 12.4. The minimum Gasteiger partial charge on any atom is -0.486 e. The summed E-state index contributed by atoms with van der Waals surface area (Å²) in [6, 6.07) is 14.4. The van der Waals surface area contributed by atoms with Gasteiger partial charge in [0.15, 0.2) is 5.82 Å². The zero-order chi connectivity index (χ0) is 18.4. The number of aryl methyl sites for hydroxylation is 1. The van der Waals surface area contributed by atoms with Crippen LogP contribution in [0.4, 0.5) is 0 Å². The number of carbonyl (C=O) groups excluding carboxylic acids is 1. The lowest BCUT2D eigenvalue weighted by Crippen LogP contribution is -2.22. The summed E-state index contributed by atoms with van der Waals surface area (Å²) in [5, 5.41) is 14.9. The molecule has 0 atom stereocenters. The summed E-state index contributed by atoms with van der Waals surface area (Å²) in [5.74, 6) is 0.996. The van der Waals surface area contributed by atoms with Crippen LogP contribution in [0.15, 0.2) is 48.5 Å². The Balaban J connectivity index is 1.61. The second kappa shape index (κ2) is 8.44. The Labute approximate surface area is 155 Å². The smallest absolute Gasteiger partial charge is 0.251 e. The lowest BCUT2D eigenvalue weighted by molar-refractivity contribution is 0.0950. The van der Waals surface area contributed by atoms with E-state index in [1.807, 2.05) is 25.1 Å². The molecule has 1 heterocycles. The molecule has 0 bridgehead atoms. The highest BCUT2D eigenvalue weighted by Gasteiger charge is 2.09. The minimum absolute atomic E-state index is 0.200. The molecule has 2 aromatic carbocycles. The first-order valence-electron chi connectivity index (χ1n) is 8.17. The van der Waals surface area contributed by atoms with Crippen molar-refractivity contribution in [3.05, 3.63) is 70.5 Å². The molecule has 7 nitrogen and oxygen atoms in total. The third-order valence-corrected chi connectivity index (χ3v) is 4.14. The summed E-state index contributed by atoms with van der Waals surface area (Å²) < 4.78 is 7.35. The van der Waals surface area contributed by atoms with E-state index >= 15 is 0 Å². The number of carbonyl (C=O) groups is 1. The molecule has 3 aromatic rings. The first-order chi connectivity index (χ1) is 12.7. The van der Waals surface area contributed by atoms with E-state index in [9.17, 15) is 4.79 Å². The predicted molar refractivity (Wildman–Crippen MR) is 96.9 cm³/mol. The van der Waals surface area contributed by atoms with Crippen LogP contribution in [0.1, 0.15) is 28.7 Å². The number of ether oxygens (including phenoxy) is 1. The molecule has 0 aliphatic heterocycles. The molecule has 8 heteroatoms. The van der Waals surface area contributed by atoms with E-state index in [2.05, 4.69) is 20.8 Å². The second-order valence-electron chi connectivity index (χ2n) is 5.50. The monoisotopic (exact) mass is 371 g/mol. The summed E-state index contributed by atoms with van der Waals surface area (Å²) in [5.41, 5.74) is 1.37. The molecular formula is C18H18ClN5O2. The minimum atomic E-state index is -0.200. The van der Waals surface area contributed by atoms with Crippen LogP contribution in [0.25, 0.3) is 0 Å². The number of hydrogen-bond acceptors (Lipinski definition) is 5. The summed E-state index contributed by atoms with van der Waals surface area (Å²) in [6.45, 7) is 3.19. The maximum Gasteiger partial charge on any atom is 0.251 e. The SMILES string of the molecule is CCn1nnnc1COc1cccc(C(=O)NCc2ccccc2Cl)c1. The van der Waals surface area contributed by atoms with Gasteiger partial charge in [0.1, 0.15) is 12.4 Å². The van der Waals surface area contributed by atoms with Gasteiger partial charge in [-0.05, 0) is 47.2 Å². The molecule has 0 fully saturated rings. The fourth-order valence-corrected chi connectivity index (χ4v) is 2.57. The topological polar surface area (TPSA) is 81.9 Å². The summed E-state index contributed by atoms with van der Waals surface area (Å²) >= 11 is 6.10. The average Bonchev–Trinajstić information content (AvgIpc) is 3.13. The van der Waals surface area contributed by atoms with Crippen LogP contribution in [-0.2, 0) is 19.7 Å². The molecule has 1 amide bonds. The molecule has 0 saturated carbocycles. The first kappa shape index (κ1) is 17.9. The van der Waals surface area contributed by atoms with E-state index in [4.69, 9.17) is 16.3 Å². The van der Waals surface area contributed by atoms with Crippen molar-refractivity contribution in [3.63, 3.8) is 0 Å². The molecule has 0 unspecified atom stereocenters. The third kappa shape index (κ3) is 4.37. The van der Waals surface area contributed by atoms with Crippen molar-refractivity contribution in [2.24, 2.45) is 0 Å². The molecular weight excluding hydrogens is 354 g/mol. The van der Waals surface area contributed by atoms with Crippen molar-refractivity contribution in [1.82, 2.24) is 25.5 Å². The van der Waals surface area contributed by atoms with Gasteiger partial charge in [0.25, 0.3) is 5.91 Å². The van der Waals surface area contributed by atoms with Gasteiger partial charge in [0.05, 0.1) is 0 Å². The van der Waals surface area contributed by atoms with Crippen molar-refractivity contribution >= 4 is 17.5 Å². The second-order valence-corrected chi connectivity index (χ2v) is 5.91. The highest BCUT2D eigenvalue weighted by Crippen LogP contribution is 2.16. The van der Waals surface area contributed by atoms with Crippen LogP contribution in [0.2, 0.25) is 5.02 Å². The van der Waals surface area contributed by atoms with Gasteiger partial charge in [0, 0.05) is 23.7 Å². The first-order valence-corrected chi connectivity index (χ1v) is 8.54. The Kier molecular flexibility index (Phi) is 5.80. The quantitative estimate of drug-likeness (QED) is 0.690. The number of halogens is 1. The molecule has 0 spiro atoms. The zero-order valence-corrected chi connectivity index (χ0v) is 15.0. The van der Waals surface area contributed by atoms with E-state index in [0.717, 1.165) is 5.56 Å². The standard InChI is InChI=1S/C18H18ClN5O2/c1-2-24-17(21-22-23-24)12-26-15-8-5-7-13(10-15)18(25)20-11-14-6-3-4-9-16(14)19/h3-10H,2,11-12H2,1H3,(H,20,25). The van der Waals surface area contributed by atoms with Gasteiger partial charge in [-0.3, -0.25) is 4.79 Å². The van der Waals surface area contributed by atoms with Gasteiger partial charge in [-0.25, -0.2) is 4.68 Å². The third-order valence-electron chi connectivity index (χ3n) is 3.77. The summed E-state index contributed by atoms with van der Waals surface area (Å²) in [4.78, 5) is 12.4. The zero-order valence-electron chi connectivity index (χ0n) is 14.2. The number of aromatic nitrogens is 4. The number of nitrogens with one attached hydrogen (secondary N) is 1. The number of tetrazole rings is 1. The van der Waals surface area contributed by atoms with Gasteiger partial charge in [0.2, 0.25) is 0 Å². The van der Waals surface area contributed by atoms with Gasteiger partial charge in [-0.15, -0.1) is 5.10 Å². The summed E-state index contributed by atoms with van der Waals surface area (Å²) in [7, 11) is 0. The van der Waals surface area contributed by atoms with E-state index < -0.39 is 0 Å². The average molecular weight is 372 g/mol. The van der Waals surface area contributed by atoms with E-state index in [0.29, 0.717) is 35.2 Å². The Morgan fingerprint density at radius 1 is 1.23 bits per heavy atom. The van der Waals surface area contributed by atoms with Crippen LogP contribution < -0.4 is 10.1 Å². The normalized spacial score (nSPS) is 10.5. The number of rotatable bonds is 7. The van der Waals surface area contributed by atoms with Gasteiger partial charge < -0.3 is 10.1 Å². The summed E-state index contributed by atoms with van der Waals surface area (Å²) in [6.07, 6.45) is 0. The van der Waals surface area contributed by atoms with Crippen molar-refractivity contribution in [1.29, 1.82) is 0 Å². The van der Waals surface area contributed by atoms with E-state index in [1.165, 1.54) is 0 Å². The molecule has 0 radical (unpaired) electrons. The van der Waals surface area contributed by atoms with E-state index in [1.54, 1.807) is 35.0 Å². The number of nitrogens with zero attached hydrogens (tertiary/aromatic N) is 4. The van der Waals surface area contributed by atoms with E-state index in [-0.39, 0.29) is 12.5 Å². The van der Waals surface area contributed by atoms with Crippen molar-refractivity contribution < 1.29 is 9.53 Å². The molecule has 0 aliphatic rings. The Hall–Kier alpha value is -2.93. The number of hydrogen-bond donors (Lipinski definition) is 1. The van der Waals surface area contributed by atoms with Gasteiger partial charge >= 0.3 is 0 Å². The number of benzene rings is 2. The lowest BCUT2D eigenvalue weighted by atomic mass is 10.2. The van der Waals surface area contributed by atoms with Crippen LogP contribution >= 0.6 is 11.6 Å². The van der Waals surface area contributed by atoms with Crippen molar-refractivity contribution in [2.45, 2.75) is 26.6 Å². The Bertz CT molecular complexity index is 897. The highest BCUT2D eigenvalue weighted by atomic mass is 35.5. The van der Waals surface area contributed by atoms with Gasteiger partial charge in [-0.1, -0.05) is 35.9 Å². The van der Waals surface area contributed by atoms with Crippen molar-refractivity contribution in [2.75, 3.05) is 0 Å². The molecule has 26 heavy (non-hydrogen) atoms. The fraction of sp³-hybridized carbons (Fsp3) is 0.222. The molecule has 134 valence electrons. The predicted octanol–water partition coefficient (Wildman–Crippen LogP) is 2.86. The van der Waals surface area contributed by atoms with Crippen LogP contribution in [0.3, 0.4) is 0 Å². The molecule has 0 saturated heterocycles. The molecule has 1 aromatic heterocycles.